The minimum absolute atomic E-state index is 0.0452. The number of nitrogens with zero attached hydrogens (tertiary/aromatic N) is 2. The lowest BCUT2D eigenvalue weighted by Crippen LogP contribution is -2.37. The summed E-state index contributed by atoms with van der Waals surface area (Å²) in [5.41, 5.74) is 0.975. The summed E-state index contributed by atoms with van der Waals surface area (Å²) in [6, 6.07) is 3.06. The smallest absolute Gasteiger partial charge is 0.318 e. The summed E-state index contributed by atoms with van der Waals surface area (Å²) in [5.74, 6) is -0.900. The molecule has 1 aromatic rings. The number of hydrogen-bond acceptors (Lipinski definition) is 3. The van der Waals surface area contributed by atoms with Gasteiger partial charge in [-0.05, 0) is 24.6 Å². The summed E-state index contributed by atoms with van der Waals surface area (Å²) in [5, 5.41) is 11.6. The number of amides is 2. The molecule has 2 N–H and O–H groups in total. The maximum absolute atomic E-state index is 11.8. The zero-order valence-corrected chi connectivity index (χ0v) is 10.0. The van der Waals surface area contributed by atoms with Crippen LogP contribution in [0, 0.1) is 0 Å². The number of nitrogens with one attached hydrogen (secondary N) is 1. The molecule has 2 unspecified atom stereocenters. The molecule has 2 heterocycles. The van der Waals surface area contributed by atoms with E-state index in [0.717, 1.165) is 5.56 Å². The minimum Gasteiger partial charge on any atom is -0.481 e. The van der Waals surface area contributed by atoms with Crippen molar-refractivity contribution in [2.45, 2.75) is 25.4 Å². The summed E-state index contributed by atoms with van der Waals surface area (Å²) in [4.78, 5) is 27.9. The van der Waals surface area contributed by atoms with Crippen LogP contribution in [0.15, 0.2) is 24.5 Å². The highest BCUT2D eigenvalue weighted by Gasteiger charge is 2.33. The second kappa shape index (κ2) is 5.03. The average Bonchev–Trinajstić information content (AvgIpc) is 2.72. The average molecular weight is 249 g/mol. The minimum atomic E-state index is -0.900. The van der Waals surface area contributed by atoms with Crippen molar-refractivity contribution in [1.29, 1.82) is 0 Å². The van der Waals surface area contributed by atoms with Gasteiger partial charge >= 0.3 is 12.0 Å². The van der Waals surface area contributed by atoms with Gasteiger partial charge in [0.2, 0.25) is 0 Å². The van der Waals surface area contributed by atoms with E-state index in [1.54, 1.807) is 24.2 Å². The fourth-order valence-corrected chi connectivity index (χ4v) is 2.08. The van der Waals surface area contributed by atoms with Crippen molar-refractivity contribution in [3.8, 4) is 0 Å². The molecule has 96 valence electrons. The molecular formula is C12H15N3O3. The lowest BCUT2D eigenvalue weighted by atomic mass is 10.1. The van der Waals surface area contributed by atoms with Crippen LogP contribution in [0.3, 0.4) is 0 Å². The van der Waals surface area contributed by atoms with Crippen molar-refractivity contribution in [2.75, 3.05) is 6.54 Å². The van der Waals surface area contributed by atoms with E-state index in [-0.39, 0.29) is 24.5 Å². The number of carbonyl (C=O) groups excluding carboxylic acids is 1. The van der Waals surface area contributed by atoms with Crippen LogP contribution in [0.2, 0.25) is 0 Å². The molecule has 0 saturated carbocycles. The standard InChI is InChI=1S/C12H15N3O3/c1-8(6-11(16)17)15-7-10(14-12(15)18)9-2-4-13-5-3-9/h2-5,8,10H,6-7H2,1H3,(H,14,18)(H,16,17). The van der Waals surface area contributed by atoms with Gasteiger partial charge in [0.1, 0.15) is 0 Å². The normalized spacial score (nSPS) is 20.6. The highest BCUT2D eigenvalue weighted by Crippen LogP contribution is 2.22. The Morgan fingerprint density at radius 2 is 2.28 bits per heavy atom. The molecule has 2 atom stereocenters. The van der Waals surface area contributed by atoms with E-state index < -0.39 is 5.97 Å². The molecule has 1 saturated heterocycles. The summed E-state index contributed by atoms with van der Waals surface area (Å²) >= 11 is 0. The van der Waals surface area contributed by atoms with Gasteiger partial charge in [-0.15, -0.1) is 0 Å². The first-order valence-electron chi connectivity index (χ1n) is 5.77. The van der Waals surface area contributed by atoms with E-state index >= 15 is 0 Å². The van der Waals surface area contributed by atoms with Gasteiger partial charge in [0, 0.05) is 25.0 Å². The van der Waals surface area contributed by atoms with Crippen molar-refractivity contribution in [1.82, 2.24) is 15.2 Å². The van der Waals surface area contributed by atoms with Gasteiger partial charge in [0.05, 0.1) is 12.5 Å². The second-order valence-corrected chi connectivity index (χ2v) is 4.38. The van der Waals surface area contributed by atoms with E-state index in [1.165, 1.54) is 0 Å². The molecule has 18 heavy (non-hydrogen) atoms. The van der Waals surface area contributed by atoms with E-state index in [2.05, 4.69) is 10.3 Å². The number of aliphatic carboxylic acids is 1. The van der Waals surface area contributed by atoms with Crippen LogP contribution in [0.1, 0.15) is 24.9 Å². The van der Waals surface area contributed by atoms with E-state index in [9.17, 15) is 9.59 Å². The molecule has 1 aliphatic heterocycles. The maximum Gasteiger partial charge on any atom is 0.318 e. The van der Waals surface area contributed by atoms with Crippen LogP contribution in [0.4, 0.5) is 4.79 Å². The molecule has 6 nitrogen and oxygen atoms in total. The van der Waals surface area contributed by atoms with Crippen LogP contribution in [0.5, 0.6) is 0 Å². The molecule has 1 aliphatic rings. The Bertz CT molecular complexity index is 449. The molecule has 2 amide bonds. The first-order valence-corrected chi connectivity index (χ1v) is 5.77. The molecule has 6 heteroatoms. The SMILES string of the molecule is CC(CC(=O)O)N1CC(c2ccncc2)NC1=O. The van der Waals surface area contributed by atoms with E-state index in [0.29, 0.717) is 6.54 Å². The summed E-state index contributed by atoms with van der Waals surface area (Å²) in [6.07, 6.45) is 3.30. The second-order valence-electron chi connectivity index (χ2n) is 4.38. The Hall–Kier alpha value is -2.11. The molecule has 0 aliphatic carbocycles. The van der Waals surface area contributed by atoms with Crippen LogP contribution in [-0.2, 0) is 4.79 Å². The van der Waals surface area contributed by atoms with Crippen molar-refractivity contribution < 1.29 is 14.7 Å². The zero-order chi connectivity index (χ0) is 13.1. The number of carboxylic acid groups (broad SMARTS) is 1. The van der Waals surface area contributed by atoms with Crippen LogP contribution >= 0.6 is 0 Å². The van der Waals surface area contributed by atoms with Crippen LogP contribution in [0.25, 0.3) is 0 Å². The quantitative estimate of drug-likeness (QED) is 0.834. The summed E-state index contributed by atoms with van der Waals surface area (Å²) in [7, 11) is 0. The Kier molecular flexibility index (Phi) is 3.45. The summed E-state index contributed by atoms with van der Waals surface area (Å²) in [6.45, 7) is 2.22. The molecule has 2 rings (SSSR count). The lowest BCUT2D eigenvalue weighted by molar-refractivity contribution is -0.137. The molecule has 0 spiro atoms. The number of urea groups is 1. The Morgan fingerprint density at radius 3 is 2.89 bits per heavy atom. The number of rotatable bonds is 4. The number of hydrogen-bond donors (Lipinski definition) is 2. The summed E-state index contributed by atoms with van der Waals surface area (Å²) < 4.78 is 0. The zero-order valence-electron chi connectivity index (χ0n) is 10.0. The molecule has 0 radical (unpaired) electrons. The first-order chi connectivity index (χ1) is 8.58. The van der Waals surface area contributed by atoms with Crippen LogP contribution in [-0.4, -0.2) is 39.6 Å². The van der Waals surface area contributed by atoms with E-state index in [4.69, 9.17) is 5.11 Å². The van der Waals surface area contributed by atoms with Gasteiger partial charge in [0.15, 0.2) is 0 Å². The number of carbonyl (C=O) groups is 2. The molecule has 1 fully saturated rings. The van der Waals surface area contributed by atoms with Crippen LogP contribution < -0.4 is 5.32 Å². The van der Waals surface area contributed by atoms with Gasteiger partial charge in [-0.25, -0.2) is 4.79 Å². The topological polar surface area (TPSA) is 82.5 Å². The van der Waals surface area contributed by atoms with Gasteiger partial charge in [-0.3, -0.25) is 9.78 Å². The fraction of sp³-hybridized carbons (Fsp3) is 0.417. The molecule has 1 aromatic heterocycles. The number of carboxylic acids is 1. The fourth-order valence-electron chi connectivity index (χ4n) is 2.08. The number of aromatic nitrogens is 1. The van der Waals surface area contributed by atoms with E-state index in [1.807, 2.05) is 12.1 Å². The van der Waals surface area contributed by atoms with Gasteiger partial charge in [-0.2, -0.15) is 0 Å². The Labute approximate surface area is 105 Å². The lowest BCUT2D eigenvalue weighted by Gasteiger charge is -2.21. The first kappa shape index (κ1) is 12.3. The third kappa shape index (κ3) is 2.58. The maximum atomic E-state index is 11.8. The Balaban J connectivity index is 2.05. The van der Waals surface area contributed by atoms with Gasteiger partial charge in [0.25, 0.3) is 0 Å². The Morgan fingerprint density at radius 1 is 1.61 bits per heavy atom. The van der Waals surface area contributed by atoms with Gasteiger partial charge < -0.3 is 15.3 Å². The van der Waals surface area contributed by atoms with Gasteiger partial charge in [-0.1, -0.05) is 0 Å². The predicted octanol–water partition coefficient (Wildman–Crippen LogP) is 1.01. The highest BCUT2D eigenvalue weighted by atomic mass is 16.4. The van der Waals surface area contributed by atoms with Crippen molar-refractivity contribution in [2.24, 2.45) is 0 Å². The molecule has 0 bridgehead atoms. The molecular weight excluding hydrogens is 234 g/mol. The highest BCUT2D eigenvalue weighted by molar-refractivity contribution is 5.78. The third-order valence-corrected chi connectivity index (χ3v) is 3.05. The monoisotopic (exact) mass is 249 g/mol. The predicted molar refractivity (Wildman–Crippen MR) is 63.9 cm³/mol. The van der Waals surface area contributed by atoms with Crippen molar-refractivity contribution >= 4 is 12.0 Å². The van der Waals surface area contributed by atoms with Crippen molar-refractivity contribution in [3.63, 3.8) is 0 Å². The molecule has 0 aromatic carbocycles. The van der Waals surface area contributed by atoms with Crippen molar-refractivity contribution in [3.05, 3.63) is 30.1 Å². The largest absolute Gasteiger partial charge is 0.481 e. The number of pyridine rings is 1. The third-order valence-electron chi connectivity index (χ3n) is 3.05.